The fraction of sp³-hybridized carbons (Fsp3) is 0.267. The van der Waals surface area contributed by atoms with Crippen LogP contribution in [0.25, 0.3) is 11.2 Å². The van der Waals surface area contributed by atoms with Crippen LogP contribution >= 0.6 is 19.4 Å². The summed E-state index contributed by atoms with van der Waals surface area (Å²) >= 11 is 1.38. The van der Waals surface area contributed by atoms with E-state index in [1.54, 1.807) is 18.0 Å². The first-order valence-corrected chi connectivity index (χ1v) is 10.4. The Hall–Kier alpha value is -2.17. The first-order valence-electron chi connectivity index (χ1n) is 7.78. The number of hydrogen-bond donors (Lipinski definition) is 3. The number of nitrogen functional groups attached to an aromatic ring is 1. The molecule has 10 nitrogen and oxygen atoms in total. The number of rotatable bonds is 8. The molecule has 0 aliphatic carbocycles. The van der Waals surface area contributed by atoms with E-state index in [1.165, 1.54) is 11.8 Å². The van der Waals surface area contributed by atoms with Crippen molar-refractivity contribution in [3.05, 3.63) is 30.6 Å². The van der Waals surface area contributed by atoms with Crippen LogP contribution in [0, 0.1) is 0 Å². The molecule has 27 heavy (non-hydrogen) atoms. The molecule has 2 aromatic heterocycles. The van der Waals surface area contributed by atoms with Gasteiger partial charge in [0.1, 0.15) is 22.6 Å². The van der Waals surface area contributed by atoms with Gasteiger partial charge in [-0.25, -0.2) is 9.97 Å². The van der Waals surface area contributed by atoms with Gasteiger partial charge in [0.2, 0.25) is 5.95 Å². The van der Waals surface area contributed by atoms with Gasteiger partial charge < -0.3 is 29.6 Å². The lowest BCUT2D eigenvalue weighted by atomic mass is 10.3. The second kappa shape index (κ2) is 8.24. The number of benzene rings is 1. The van der Waals surface area contributed by atoms with Crippen LogP contribution in [0.5, 0.6) is 5.75 Å². The van der Waals surface area contributed by atoms with E-state index in [1.807, 2.05) is 24.3 Å². The van der Waals surface area contributed by atoms with Gasteiger partial charge in [0, 0.05) is 11.4 Å². The summed E-state index contributed by atoms with van der Waals surface area (Å²) in [7, 11) is -2.59. The lowest BCUT2D eigenvalue weighted by molar-refractivity contribution is 0.149. The number of ether oxygens (including phenoxy) is 2. The molecule has 0 aliphatic rings. The van der Waals surface area contributed by atoms with Crippen molar-refractivity contribution in [1.29, 1.82) is 0 Å². The van der Waals surface area contributed by atoms with Crippen molar-refractivity contribution in [2.75, 3.05) is 25.8 Å². The van der Waals surface area contributed by atoms with Gasteiger partial charge in [0.25, 0.3) is 0 Å². The number of aromatic nitrogens is 4. The number of nitrogens with zero attached hydrogens (tertiary/aromatic N) is 4. The van der Waals surface area contributed by atoms with Crippen LogP contribution in [0.15, 0.2) is 40.5 Å². The van der Waals surface area contributed by atoms with Crippen LogP contribution in [-0.2, 0) is 15.8 Å². The average molecular weight is 411 g/mol. The average Bonchev–Trinajstić information content (AvgIpc) is 3.01. The number of hydrogen-bond acceptors (Lipinski definition) is 8. The lowest BCUT2D eigenvalue weighted by Crippen LogP contribution is -2.07. The van der Waals surface area contributed by atoms with Gasteiger partial charge in [-0.2, -0.15) is 4.98 Å². The second-order valence-corrected chi connectivity index (χ2v) is 8.13. The Labute approximate surface area is 158 Å². The zero-order valence-electron chi connectivity index (χ0n) is 14.3. The minimum Gasteiger partial charge on any atom is -0.497 e. The molecule has 0 saturated heterocycles. The predicted octanol–water partition coefficient (Wildman–Crippen LogP) is 1.72. The van der Waals surface area contributed by atoms with E-state index in [9.17, 15) is 4.57 Å². The normalized spacial score (nSPS) is 11.8. The van der Waals surface area contributed by atoms with Gasteiger partial charge >= 0.3 is 7.60 Å². The predicted molar refractivity (Wildman–Crippen MR) is 99.7 cm³/mol. The molecular formula is C15H18N5O5PS. The van der Waals surface area contributed by atoms with Crippen molar-refractivity contribution < 1.29 is 23.8 Å². The summed E-state index contributed by atoms with van der Waals surface area (Å²) in [6.07, 6.45) is 0.933. The minimum absolute atomic E-state index is 0.0961. The smallest absolute Gasteiger partial charge is 0.350 e. The number of nitrogens with two attached hydrogens (primary N) is 1. The van der Waals surface area contributed by atoms with Gasteiger partial charge in [-0.15, -0.1) is 0 Å². The molecule has 1 aromatic carbocycles. The fourth-order valence-corrected chi connectivity index (χ4v) is 3.58. The summed E-state index contributed by atoms with van der Waals surface area (Å²) in [5, 5.41) is 0.598. The Morgan fingerprint density at radius 2 is 2.15 bits per heavy atom. The topological polar surface area (TPSA) is 146 Å². The maximum atomic E-state index is 10.8. The van der Waals surface area contributed by atoms with Crippen molar-refractivity contribution in [3.8, 4) is 5.75 Å². The lowest BCUT2D eigenvalue weighted by Gasteiger charge is -2.08. The van der Waals surface area contributed by atoms with E-state index in [0.717, 1.165) is 10.6 Å². The van der Waals surface area contributed by atoms with Crippen LogP contribution < -0.4 is 10.5 Å². The third kappa shape index (κ3) is 5.18. The Kier molecular flexibility index (Phi) is 5.98. The van der Waals surface area contributed by atoms with E-state index < -0.39 is 13.9 Å². The quantitative estimate of drug-likeness (QED) is 0.284. The summed E-state index contributed by atoms with van der Waals surface area (Å²) in [5.74, 6) is 0.830. The molecule has 0 aliphatic heterocycles. The highest BCUT2D eigenvalue weighted by molar-refractivity contribution is 7.99. The molecule has 0 bridgehead atoms. The Bertz CT molecular complexity index is 992. The van der Waals surface area contributed by atoms with Crippen molar-refractivity contribution in [1.82, 2.24) is 19.5 Å². The Balaban J connectivity index is 1.81. The second-order valence-electron chi connectivity index (χ2n) is 5.48. The minimum atomic E-state index is -4.19. The van der Waals surface area contributed by atoms with E-state index in [0.29, 0.717) is 22.7 Å². The maximum Gasteiger partial charge on any atom is 0.350 e. The molecule has 0 fully saturated rings. The van der Waals surface area contributed by atoms with Crippen LogP contribution in [-0.4, -0.2) is 49.4 Å². The van der Waals surface area contributed by atoms with E-state index in [-0.39, 0.29) is 12.6 Å². The monoisotopic (exact) mass is 411 g/mol. The van der Waals surface area contributed by atoms with E-state index >= 15 is 0 Å². The third-order valence-electron chi connectivity index (χ3n) is 3.44. The van der Waals surface area contributed by atoms with Gasteiger partial charge in [0.05, 0.1) is 20.0 Å². The number of imidazole rings is 1. The highest BCUT2D eigenvalue weighted by atomic mass is 32.2. The molecule has 3 rings (SSSR count). The molecule has 12 heteroatoms. The van der Waals surface area contributed by atoms with Gasteiger partial charge in [-0.3, -0.25) is 4.57 Å². The molecule has 0 saturated carbocycles. The molecule has 4 N–H and O–H groups in total. The van der Waals surface area contributed by atoms with Crippen molar-refractivity contribution in [2.24, 2.45) is 0 Å². The number of fused-ring (bicyclic) bond motifs is 1. The number of methoxy groups -OCH3 is 1. The molecule has 0 atom stereocenters. The maximum absolute atomic E-state index is 10.8. The van der Waals surface area contributed by atoms with Gasteiger partial charge in [0.15, 0.2) is 5.65 Å². The highest BCUT2D eigenvalue weighted by Gasteiger charge is 2.15. The van der Waals surface area contributed by atoms with Gasteiger partial charge in [-0.1, -0.05) is 17.8 Å². The zero-order valence-corrected chi connectivity index (χ0v) is 16.1. The molecule has 3 aromatic rings. The first kappa shape index (κ1) is 19.6. The van der Waals surface area contributed by atoms with Crippen LogP contribution in [0.4, 0.5) is 5.95 Å². The summed E-state index contributed by atoms with van der Waals surface area (Å²) in [4.78, 5) is 31.4. The van der Waals surface area contributed by atoms with E-state index in [4.69, 9.17) is 25.0 Å². The largest absolute Gasteiger partial charge is 0.497 e. The molecule has 0 unspecified atom stereocenters. The first-order chi connectivity index (χ1) is 12.9. The Morgan fingerprint density at radius 3 is 2.89 bits per heavy atom. The van der Waals surface area contributed by atoms with E-state index in [2.05, 4.69) is 15.0 Å². The molecule has 144 valence electrons. The summed E-state index contributed by atoms with van der Waals surface area (Å²) < 4.78 is 22.7. The SMILES string of the molecule is COc1cccc(Sc2nc(N)nc3c2ncn3CCOCP(=O)(O)O)c1. The van der Waals surface area contributed by atoms with Crippen LogP contribution in [0.2, 0.25) is 0 Å². The van der Waals surface area contributed by atoms with Crippen LogP contribution in [0.3, 0.4) is 0 Å². The summed E-state index contributed by atoms with van der Waals surface area (Å²) in [6, 6.07) is 7.52. The van der Waals surface area contributed by atoms with Crippen molar-refractivity contribution >= 4 is 36.5 Å². The number of anilines is 1. The molecule has 0 radical (unpaired) electrons. The van der Waals surface area contributed by atoms with Crippen molar-refractivity contribution in [2.45, 2.75) is 16.5 Å². The molecular weight excluding hydrogens is 393 g/mol. The van der Waals surface area contributed by atoms with Crippen molar-refractivity contribution in [3.63, 3.8) is 0 Å². The molecule has 0 amide bonds. The third-order valence-corrected chi connectivity index (χ3v) is 4.93. The highest BCUT2D eigenvalue weighted by Crippen LogP contribution is 2.34. The molecule has 2 heterocycles. The Morgan fingerprint density at radius 1 is 1.33 bits per heavy atom. The molecule has 0 spiro atoms. The summed E-state index contributed by atoms with van der Waals surface area (Å²) in [6.45, 7) is 0.412. The van der Waals surface area contributed by atoms with Crippen LogP contribution in [0.1, 0.15) is 0 Å². The summed E-state index contributed by atoms with van der Waals surface area (Å²) in [5.41, 5.74) is 6.94. The zero-order chi connectivity index (χ0) is 19.4. The van der Waals surface area contributed by atoms with Gasteiger partial charge in [-0.05, 0) is 18.2 Å². The fourth-order valence-electron chi connectivity index (χ4n) is 2.29. The standard InChI is InChI=1S/C15H18N5O5PS/c1-24-10-3-2-4-11(7-10)27-14-12-13(18-15(16)19-14)20(8-17-12)5-6-25-9-26(21,22)23/h2-4,7-8H,5-6,9H2,1H3,(H2,16,18,19)(H2,21,22,23).